The van der Waals surface area contributed by atoms with Crippen molar-refractivity contribution in [2.75, 3.05) is 39.6 Å². The van der Waals surface area contributed by atoms with E-state index in [9.17, 15) is 28.8 Å². The third-order valence-electron chi connectivity index (χ3n) is 5.52. The van der Waals surface area contributed by atoms with Gasteiger partial charge in [0.05, 0.1) is 32.3 Å². The van der Waals surface area contributed by atoms with Gasteiger partial charge in [-0.2, -0.15) is 0 Å². The second-order valence-electron chi connectivity index (χ2n) is 9.35. The van der Waals surface area contributed by atoms with Crippen LogP contribution in [0, 0.1) is 0 Å². The minimum absolute atomic E-state index is 0.0618. The highest BCUT2D eigenvalue weighted by Gasteiger charge is 2.10. The molecular formula is C34H42O15. The smallest absolute Gasteiger partial charge is 0.330 e. The van der Waals surface area contributed by atoms with Crippen molar-refractivity contribution in [1.82, 2.24) is 0 Å². The molecule has 0 aliphatic heterocycles. The van der Waals surface area contributed by atoms with Crippen molar-refractivity contribution in [1.29, 1.82) is 0 Å². The second kappa shape index (κ2) is 27.4. The number of phenols is 2. The van der Waals surface area contributed by atoms with Crippen LogP contribution in [-0.2, 0) is 65.3 Å². The van der Waals surface area contributed by atoms with E-state index in [4.69, 9.17) is 29.9 Å². The normalized spacial score (nSPS) is 9.57. The molecule has 0 saturated carbocycles. The lowest BCUT2D eigenvalue weighted by molar-refractivity contribution is -0.152. The highest BCUT2D eigenvalue weighted by Crippen LogP contribution is 2.11. The van der Waals surface area contributed by atoms with Crippen LogP contribution in [0.2, 0.25) is 0 Å². The molecule has 0 atom stereocenters. The van der Waals surface area contributed by atoms with Crippen LogP contribution in [0.25, 0.3) is 0 Å². The van der Waals surface area contributed by atoms with Crippen LogP contribution in [0.5, 0.6) is 11.5 Å². The first-order valence-corrected chi connectivity index (χ1v) is 14.8. The number of rotatable bonds is 19. The van der Waals surface area contributed by atoms with Gasteiger partial charge in [-0.05, 0) is 41.8 Å². The molecule has 49 heavy (non-hydrogen) atoms. The van der Waals surface area contributed by atoms with Crippen molar-refractivity contribution in [2.45, 2.75) is 38.5 Å². The fourth-order valence-corrected chi connectivity index (χ4v) is 3.08. The van der Waals surface area contributed by atoms with Crippen LogP contribution in [0.4, 0.5) is 0 Å². The highest BCUT2D eigenvalue weighted by molar-refractivity contribution is 5.81. The van der Waals surface area contributed by atoms with Crippen molar-refractivity contribution in [2.24, 2.45) is 0 Å². The van der Waals surface area contributed by atoms with Gasteiger partial charge in [0, 0.05) is 25.2 Å². The topological polar surface area (TPSA) is 229 Å². The van der Waals surface area contributed by atoms with Crippen molar-refractivity contribution in [3.63, 3.8) is 0 Å². The fraction of sp³-hybridized carbons (Fsp3) is 0.353. The van der Waals surface area contributed by atoms with Gasteiger partial charge in [0.25, 0.3) is 0 Å². The van der Waals surface area contributed by atoms with Crippen molar-refractivity contribution in [3.05, 3.63) is 85.0 Å². The summed E-state index contributed by atoms with van der Waals surface area (Å²) in [4.78, 5) is 65.0. The van der Waals surface area contributed by atoms with Crippen molar-refractivity contribution < 1.29 is 72.9 Å². The number of aliphatic hydroxyl groups is 1. The summed E-state index contributed by atoms with van der Waals surface area (Å²) in [6.45, 7) is 6.46. The molecule has 0 aliphatic rings. The predicted octanol–water partition coefficient (Wildman–Crippen LogP) is 2.58. The molecule has 0 bridgehead atoms. The molecule has 4 N–H and O–H groups in total. The maximum absolute atomic E-state index is 11.5. The number of hydrogen-bond donors (Lipinski definition) is 4. The van der Waals surface area contributed by atoms with Crippen molar-refractivity contribution >= 4 is 35.8 Å². The minimum atomic E-state index is -1.06. The van der Waals surface area contributed by atoms with E-state index in [0.717, 1.165) is 23.3 Å². The lowest BCUT2D eigenvalue weighted by atomic mass is 10.1. The van der Waals surface area contributed by atoms with Gasteiger partial charge >= 0.3 is 35.8 Å². The van der Waals surface area contributed by atoms with Crippen LogP contribution in [0.1, 0.15) is 36.8 Å². The van der Waals surface area contributed by atoms with E-state index in [-0.39, 0.29) is 76.8 Å². The summed E-state index contributed by atoms with van der Waals surface area (Å²) in [6, 6.07) is 13.4. The predicted molar refractivity (Wildman–Crippen MR) is 172 cm³/mol. The SMILES string of the molecule is C=CC(=O)OCCOC(=O)CCC(=O)O.C=CC(=O)OCCOC(=O)CCC(=O)OCCc1ccc(O)cc1.OCCc1ccc(O)cc1. The zero-order valence-electron chi connectivity index (χ0n) is 27.0. The summed E-state index contributed by atoms with van der Waals surface area (Å²) in [5.74, 6) is -3.52. The summed E-state index contributed by atoms with van der Waals surface area (Å²) in [6.07, 6.45) is 2.53. The summed E-state index contributed by atoms with van der Waals surface area (Å²) < 4.78 is 23.5. The number of phenolic OH excluding ortho intramolecular Hbond substituents is 2. The fourth-order valence-electron chi connectivity index (χ4n) is 3.08. The van der Waals surface area contributed by atoms with Gasteiger partial charge in [-0.25, -0.2) is 9.59 Å². The number of carboxylic acid groups (broad SMARTS) is 1. The molecule has 0 aromatic heterocycles. The highest BCUT2D eigenvalue weighted by atomic mass is 16.6. The molecule has 0 radical (unpaired) electrons. The molecule has 2 aromatic carbocycles. The van der Waals surface area contributed by atoms with Gasteiger partial charge in [-0.15, -0.1) is 0 Å². The minimum Gasteiger partial charge on any atom is -0.508 e. The lowest BCUT2D eigenvalue weighted by Crippen LogP contribution is -2.15. The van der Waals surface area contributed by atoms with Crippen LogP contribution in [0.15, 0.2) is 73.8 Å². The van der Waals surface area contributed by atoms with E-state index in [1.54, 1.807) is 48.5 Å². The van der Waals surface area contributed by atoms with E-state index in [0.29, 0.717) is 12.8 Å². The first kappa shape index (κ1) is 43.3. The van der Waals surface area contributed by atoms with Gasteiger partial charge < -0.3 is 44.1 Å². The third-order valence-corrected chi connectivity index (χ3v) is 5.52. The van der Waals surface area contributed by atoms with Gasteiger partial charge in [0.15, 0.2) is 0 Å². The Labute approximate surface area is 283 Å². The van der Waals surface area contributed by atoms with Gasteiger partial charge in [0.2, 0.25) is 0 Å². The number of carboxylic acids is 1. The van der Waals surface area contributed by atoms with Gasteiger partial charge in [-0.1, -0.05) is 37.4 Å². The Kier molecular flexibility index (Phi) is 24.2. The standard InChI is InChI=1S/C17H20O7.C9H12O6.C8H10O2/c1-2-15(19)23-11-12-24-17(21)8-7-16(20)22-10-9-13-3-5-14(18)6-4-13;1-2-8(12)14-5-6-15-9(13)4-3-7(10)11;9-6-5-7-1-3-8(10)4-2-7/h2-6,18H,1,7-12H2;2H,1,3-6H2,(H,10,11);1-4,9-10H,5-6H2. The lowest BCUT2D eigenvalue weighted by Gasteiger charge is -2.06. The molecule has 0 unspecified atom stereocenters. The van der Waals surface area contributed by atoms with E-state index in [1.165, 1.54) is 0 Å². The number of carbonyl (C=O) groups excluding carboxylic acids is 5. The molecule has 2 aromatic rings. The Bertz CT molecular complexity index is 1320. The Morgan fingerprint density at radius 3 is 1.24 bits per heavy atom. The van der Waals surface area contributed by atoms with E-state index < -0.39 is 35.8 Å². The number of esters is 5. The number of hydrogen-bond acceptors (Lipinski definition) is 14. The molecule has 0 fully saturated rings. The zero-order valence-corrected chi connectivity index (χ0v) is 27.0. The average molecular weight is 691 g/mol. The average Bonchev–Trinajstić information content (AvgIpc) is 3.09. The Morgan fingerprint density at radius 1 is 0.531 bits per heavy atom. The molecule has 0 aliphatic carbocycles. The quantitative estimate of drug-likeness (QED) is 0.0718. The first-order chi connectivity index (χ1) is 23.4. The maximum Gasteiger partial charge on any atom is 0.330 e. The molecule has 2 rings (SSSR count). The maximum atomic E-state index is 11.5. The summed E-state index contributed by atoms with van der Waals surface area (Å²) >= 11 is 0. The monoisotopic (exact) mass is 690 g/mol. The van der Waals surface area contributed by atoms with Gasteiger partial charge in [0.1, 0.15) is 37.9 Å². The molecule has 15 heteroatoms. The van der Waals surface area contributed by atoms with Crippen molar-refractivity contribution in [3.8, 4) is 11.5 Å². The van der Waals surface area contributed by atoms with Crippen LogP contribution in [-0.4, -0.2) is 95.9 Å². The van der Waals surface area contributed by atoms with Gasteiger partial charge in [-0.3, -0.25) is 19.2 Å². The first-order valence-electron chi connectivity index (χ1n) is 14.8. The molecular weight excluding hydrogens is 648 g/mol. The zero-order chi connectivity index (χ0) is 36.9. The molecule has 0 spiro atoms. The largest absolute Gasteiger partial charge is 0.508 e. The molecule has 15 nitrogen and oxygen atoms in total. The second-order valence-corrected chi connectivity index (χ2v) is 9.35. The number of aliphatic hydroxyl groups excluding tert-OH is 1. The summed E-state index contributed by atoms with van der Waals surface area (Å²) in [7, 11) is 0. The number of carbonyl (C=O) groups is 6. The Balaban J connectivity index is 0.000000782. The molecule has 0 saturated heterocycles. The molecule has 0 amide bonds. The number of benzene rings is 2. The van der Waals surface area contributed by atoms with Crippen LogP contribution in [0.3, 0.4) is 0 Å². The Hall–Kier alpha value is -5.70. The van der Waals surface area contributed by atoms with Crippen LogP contribution < -0.4 is 0 Å². The number of aromatic hydroxyl groups is 2. The Morgan fingerprint density at radius 2 is 0.878 bits per heavy atom. The number of ether oxygens (including phenoxy) is 5. The van der Waals surface area contributed by atoms with Crippen LogP contribution >= 0.6 is 0 Å². The summed E-state index contributed by atoms with van der Waals surface area (Å²) in [5, 5.41) is 34.8. The van der Waals surface area contributed by atoms with E-state index >= 15 is 0 Å². The molecule has 0 heterocycles. The van der Waals surface area contributed by atoms with E-state index in [1.807, 2.05) is 0 Å². The summed E-state index contributed by atoms with van der Waals surface area (Å²) in [5.41, 5.74) is 1.97. The van der Waals surface area contributed by atoms with E-state index in [2.05, 4.69) is 27.4 Å². The molecule has 268 valence electrons. The number of aliphatic carboxylic acids is 1. The third kappa shape index (κ3) is 26.1.